The largest absolute Gasteiger partial charge is 0.311 e. The molecule has 18 heavy (non-hydrogen) atoms. The molecule has 1 unspecified atom stereocenters. The maximum atomic E-state index is 3.86. The second kappa shape index (κ2) is 5.88. The van der Waals surface area contributed by atoms with Gasteiger partial charge < -0.3 is 5.32 Å². The Morgan fingerprint density at radius 2 is 1.83 bits per heavy atom. The molecule has 0 saturated heterocycles. The summed E-state index contributed by atoms with van der Waals surface area (Å²) in [5.74, 6) is 1.32. The van der Waals surface area contributed by atoms with Crippen LogP contribution in [0.1, 0.15) is 57.9 Å². The molecule has 1 N–H and O–H groups in total. The van der Waals surface area contributed by atoms with Gasteiger partial charge in [0.15, 0.2) is 0 Å². The predicted molar refractivity (Wildman–Crippen MR) is 78.9 cm³/mol. The Bertz CT molecular complexity index is 346. The zero-order chi connectivity index (χ0) is 13.0. The monoisotopic (exact) mass is 245 g/mol. The first-order valence-corrected chi connectivity index (χ1v) is 7.47. The van der Waals surface area contributed by atoms with Gasteiger partial charge in [-0.2, -0.15) is 0 Å². The molecule has 0 aromatic heterocycles. The van der Waals surface area contributed by atoms with Crippen molar-refractivity contribution in [2.45, 2.75) is 57.9 Å². The van der Waals surface area contributed by atoms with Gasteiger partial charge in [0.1, 0.15) is 0 Å². The van der Waals surface area contributed by atoms with Crippen molar-refractivity contribution in [2.24, 2.45) is 5.92 Å². The lowest BCUT2D eigenvalue weighted by molar-refractivity contribution is 0.170. The van der Waals surface area contributed by atoms with Crippen LogP contribution in [0.25, 0.3) is 0 Å². The Morgan fingerprint density at radius 1 is 1.17 bits per heavy atom. The third kappa shape index (κ3) is 2.95. The van der Waals surface area contributed by atoms with Crippen LogP contribution in [0.4, 0.5) is 0 Å². The summed E-state index contributed by atoms with van der Waals surface area (Å²) in [4.78, 5) is 0. The molecule has 1 aromatic carbocycles. The SMILES string of the molecule is CCC1(NCC(c2ccccc2)C(C)C)CCC1. The van der Waals surface area contributed by atoms with Crippen molar-refractivity contribution in [1.82, 2.24) is 5.32 Å². The molecule has 0 aliphatic heterocycles. The molecule has 1 aliphatic carbocycles. The van der Waals surface area contributed by atoms with Gasteiger partial charge in [-0.3, -0.25) is 0 Å². The van der Waals surface area contributed by atoms with Gasteiger partial charge in [-0.25, -0.2) is 0 Å². The van der Waals surface area contributed by atoms with Crippen LogP contribution in [0, 0.1) is 5.92 Å². The molecule has 0 radical (unpaired) electrons. The quantitative estimate of drug-likeness (QED) is 0.785. The fourth-order valence-electron chi connectivity index (χ4n) is 3.02. The highest BCUT2D eigenvalue weighted by molar-refractivity contribution is 5.20. The highest BCUT2D eigenvalue weighted by Crippen LogP contribution is 2.35. The second-order valence-electron chi connectivity index (χ2n) is 6.13. The van der Waals surface area contributed by atoms with Crippen molar-refractivity contribution < 1.29 is 0 Å². The minimum absolute atomic E-state index is 0.460. The van der Waals surface area contributed by atoms with Gasteiger partial charge in [0.2, 0.25) is 0 Å². The first-order valence-electron chi connectivity index (χ1n) is 7.47. The van der Waals surface area contributed by atoms with Gasteiger partial charge >= 0.3 is 0 Å². The fourth-order valence-corrected chi connectivity index (χ4v) is 3.02. The van der Waals surface area contributed by atoms with Crippen LogP contribution in [0.15, 0.2) is 30.3 Å². The van der Waals surface area contributed by atoms with E-state index in [1.165, 1.54) is 31.2 Å². The molecule has 1 fully saturated rings. The highest BCUT2D eigenvalue weighted by atomic mass is 15.0. The van der Waals surface area contributed by atoms with E-state index in [0.29, 0.717) is 17.4 Å². The lowest BCUT2D eigenvalue weighted by atomic mass is 9.74. The third-order valence-corrected chi connectivity index (χ3v) is 4.72. The first-order chi connectivity index (χ1) is 8.67. The molecular formula is C17H27N. The molecule has 0 spiro atoms. The summed E-state index contributed by atoms with van der Waals surface area (Å²) in [6.07, 6.45) is 5.40. The van der Waals surface area contributed by atoms with Crippen LogP contribution in [-0.2, 0) is 0 Å². The standard InChI is InChI=1S/C17H27N/c1-4-17(11-8-12-17)18-13-16(14(2)3)15-9-6-5-7-10-15/h5-7,9-10,14,16,18H,4,8,11-13H2,1-3H3. The van der Waals surface area contributed by atoms with Gasteiger partial charge in [0, 0.05) is 12.1 Å². The van der Waals surface area contributed by atoms with Gasteiger partial charge in [-0.15, -0.1) is 0 Å². The highest BCUT2D eigenvalue weighted by Gasteiger charge is 2.35. The number of benzene rings is 1. The van der Waals surface area contributed by atoms with Crippen molar-refractivity contribution in [3.05, 3.63) is 35.9 Å². The average molecular weight is 245 g/mol. The number of hydrogen-bond donors (Lipinski definition) is 1. The van der Waals surface area contributed by atoms with Crippen LogP contribution in [-0.4, -0.2) is 12.1 Å². The minimum atomic E-state index is 0.460. The normalized spacial score (nSPS) is 19.6. The van der Waals surface area contributed by atoms with E-state index in [1.807, 2.05) is 0 Å². The van der Waals surface area contributed by atoms with Gasteiger partial charge in [0.25, 0.3) is 0 Å². The van der Waals surface area contributed by atoms with Crippen LogP contribution in [0.5, 0.6) is 0 Å². The van der Waals surface area contributed by atoms with Crippen LogP contribution >= 0.6 is 0 Å². The van der Waals surface area contributed by atoms with Crippen LogP contribution in [0.3, 0.4) is 0 Å². The number of rotatable bonds is 6. The van der Waals surface area contributed by atoms with Gasteiger partial charge in [0.05, 0.1) is 0 Å². The van der Waals surface area contributed by atoms with Crippen molar-refractivity contribution in [2.75, 3.05) is 6.54 Å². The minimum Gasteiger partial charge on any atom is -0.311 e. The average Bonchev–Trinajstić information content (AvgIpc) is 2.33. The molecule has 1 saturated carbocycles. The van der Waals surface area contributed by atoms with E-state index in [0.717, 1.165) is 6.54 Å². The Morgan fingerprint density at radius 3 is 2.28 bits per heavy atom. The summed E-state index contributed by atoms with van der Waals surface area (Å²) in [6, 6.07) is 11.0. The van der Waals surface area contributed by atoms with Gasteiger partial charge in [-0.1, -0.05) is 51.1 Å². The predicted octanol–water partition coefficient (Wildman–Crippen LogP) is 4.35. The number of nitrogens with one attached hydrogen (secondary N) is 1. The van der Waals surface area contributed by atoms with Crippen molar-refractivity contribution in [1.29, 1.82) is 0 Å². The number of hydrogen-bond acceptors (Lipinski definition) is 1. The summed E-state index contributed by atoms with van der Waals surface area (Å²) in [6.45, 7) is 8.10. The molecule has 1 heteroatoms. The molecule has 100 valence electrons. The van der Waals surface area contributed by atoms with E-state index in [2.05, 4.69) is 56.4 Å². The van der Waals surface area contributed by atoms with Crippen molar-refractivity contribution in [3.8, 4) is 0 Å². The smallest absolute Gasteiger partial charge is 0.0179 e. The first kappa shape index (κ1) is 13.6. The zero-order valence-electron chi connectivity index (χ0n) is 12.1. The lowest BCUT2D eigenvalue weighted by Gasteiger charge is -2.43. The maximum Gasteiger partial charge on any atom is 0.0179 e. The Labute approximate surface area is 112 Å². The van der Waals surface area contributed by atoms with E-state index in [-0.39, 0.29) is 0 Å². The van der Waals surface area contributed by atoms with E-state index in [9.17, 15) is 0 Å². The van der Waals surface area contributed by atoms with Crippen LogP contribution < -0.4 is 5.32 Å². The Kier molecular flexibility index (Phi) is 4.45. The lowest BCUT2D eigenvalue weighted by Crippen LogP contribution is -2.51. The van der Waals surface area contributed by atoms with E-state index >= 15 is 0 Å². The molecule has 1 aliphatic rings. The van der Waals surface area contributed by atoms with E-state index in [4.69, 9.17) is 0 Å². The van der Waals surface area contributed by atoms with E-state index in [1.54, 1.807) is 0 Å². The molecule has 1 atom stereocenters. The Balaban J connectivity index is 1.99. The molecule has 1 aromatic rings. The molecule has 0 heterocycles. The van der Waals surface area contributed by atoms with Crippen LogP contribution in [0.2, 0.25) is 0 Å². The van der Waals surface area contributed by atoms with Gasteiger partial charge in [-0.05, 0) is 43.1 Å². The fraction of sp³-hybridized carbons (Fsp3) is 0.647. The van der Waals surface area contributed by atoms with Crippen molar-refractivity contribution in [3.63, 3.8) is 0 Å². The molecule has 1 nitrogen and oxygen atoms in total. The summed E-state index contributed by atoms with van der Waals surface area (Å²) in [5.41, 5.74) is 1.94. The summed E-state index contributed by atoms with van der Waals surface area (Å²) in [5, 5.41) is 3.86. The topological polar surface area (TPSA) is 12.0 Å². The molecule has 0 amide bonds. The zero-order valence-corrected chi connectivity index (χ0v) is 12.1. The third-order valence-electron chi connectivity index (χ3n) is 4.72. The summed E-state index contributed by atoms with van der Waals surface area (Å²) in [7, 11) is 0. The second-order valence-corrected chi connectivity index (χ2v) is 6.13. The summed E-state index contributed by atoms with van der Waals surface area (Å²) < 4.78 is 0. The van der Waals surface area contributed by atoms with Crippen molar-refractivity contribution >= 4 is 0 Å². The maximum absolute atomic E-state index is 3.86. The summed E-state index contributed by atoms with van der Waals surface area (Å²) >= 11 is 0. The van der Waals surface area contributed by atoms with E-state index < -0.39 is 0 Å². The molecule has 2 rings (SSSR count). The molecular weight excluding hydrogens is 218 g/mol. The molecule has 0 bridgehead atoms. The Hall–Kier alpha value is -0.820.